The van der Waals surface area contributed by atoms with E-state index in [4.69, 9.17) is 0 Å². The topological polar surface area (TPSA) is 0 Å². The van der Waals surface area contributed by atoms with E-state index in [9.17, 15) is 0 Å². The van der Waals surface area contributed by atoms with Crippen LogP contribution in [-0.4, -0.2) is 0 Å². The van der Waals surface area contributed by atoms with Crippen LogP contribution < -0.4 is 0 Å². The summed E-state index contributed by atoms with van der Waals surface area (Å²) >= 11 is 11.8. The van der Waals surface area contributed by atoms with Crippen LogP contribution in [0.2, 0.25) is 0 Å². The standard InChI is InChI=1S/C8H9BrS2/c9-8-2-6(4-10)1-7(3-8)5-11/h1-3,10-11H,4-5H2. The maximum Gasteiger partial charge on any atom is 0.0181 e. The van der Waals surface area contributed by atoms with Crippen molar-refractivity contribution >= 4 is 41.2 Å². The molecule has 0 atom stereocenters. The number of hydrogen-bond acceptors (Lipinski definition) is 2. The van der Waals surface area contributed by atoms with E-state index in [1.165, 1.54) is 11.1 Å². The number of benzene rings is 1. The van der Waals surface area contributed by atoms with Gasteiger partial charge in [0, 0.05) is 16.0 Å². The third-order valence-electron chi connectivity index (χ3n) is 1.38. The van der Waals surface area contributed by atoms with Gasteiger partial charge in [0.25, 0.3) is 0 Å². The summed E-state index contributed by atoms with van der Waals surface area (Å²) in [6.45, 7) is 0. The summed E-state index contributed by atoms with van der Waals surface area (Å²) in [5, 5.41) is 0. The van der Waals surface area contributed by atoms with E-state index in [2.05, 4.69) is 59.4 Å². The Morgan fingerprint density at radius 3 is 1.82 bits per heavy atom. The molecule has 0 heterocycles. The smallest absolute Gasteiger partial charge is 0.0181 e. The van der Waals surface area contributed by atoms with Gasteiger partial charge in [-0.25, -0.2) is 0 Å². The molecule has 0 bridgehead atoms. The second-order valence-corrected chi connectivity index (χ2v) is 3.83. The molecule has 0 unspecified atom stereocenters. The van der Waals surface area contributed by atoms with E-state index < -0.39 is 0 Å². The molecule has 0 aliphatic heterocycles. The van der Waals surface area contributed by atoms with Gasteiger partial charge >= 0.3 is 0 Å². The van der Waals surface area contributed by atoms with Gasteiger partial charge in [-0.15, -0.1) is 0 Å². The molecule has 0 N–H and O–H groups in total. The lowest BCUT2D eigenvalue weighted by atomic mass is 10.2. The van der Waals surface area contributed by atoms with Crippen LogP contribution in [0.25, 0.3) is 0 Å². The lowest BCUT2D eigenvalue weighted by molar-refractivity contribution is 1.33. The van der Waals surface area contributed by atoms with Gasteiger partial charge in [-0.05, 0) is 23.3 Å². The van der Waals surface area contributed by atoms with E-state index in [0.717, 1.165) is 16.0 Å². The molecule has 0 spiro atoms. The molecule has 3 heteroatoms. The highest BCUT2D eigenvalue weighted by Gasteiger charge is 1.95. The van der Waals surface area contributed by atoms with Crippen molar-refractivity contribution in [1.29, 1.82) is 0 Å². The maximum absolute atomic E-state index is 4.20. The minimum atomic E-state index is 0.778. The third-order valence-corrected chi connectivity index (χ3v) is 2.57. The van der Waals surface area contributed by atoms with Crippen molar-refractivity contribution in [1.82, 2.24) is 0 Å². The van der Waals surface area contributed by atoms with Gasteiger partial charge in [0.15, 0.2) is 0 Å². The quantitative estimate of drug-likeness (QED) is 0.738. The number of halogens is 1. The molecule has 1 aromatic rings. The van der Waals surface area contributed by atoms with Crippen LogP contribution in [0.4, 0.5) is 0 Å². The van der Waals surface area contributed by atoms with E-state index in [-0.39, 0.29) is 0 Å². The summed E-state index contributed by atoms with van der Waals surface area (Å²) < 4.78 is 1.10. The molecule has 0 saturated carbocycles. The number of thiol groups is 2. The zero-order valence-electron chi connectivity index (χ0n) is 5.92. The van der Waals surface area contributed by atoms with Crippen LogP contribution in [0.5, 0.6) is 0 Å². The zero-order chi connectivity index (χ0) is 8.27. The first-order valence-electron chi connectivity index (χ1n) is 3.26. The van der Waals surface area contributed by atoms with Gasteiger partial charge in [-0.2, -0.15) is 25.3 Å². The van der Waals surface area contributed by atoms with Gasteiger partial charge in [0.05, 0.1) is 0 Å². The number of hydrogen-bond donors (Lipinski definition) is 2. The Morgan fingerprint density at radius 1 is 1.00 bits per heavy atom. The zero-order valence-corrected chi connectivity index (χ0v) is 9.29. The summed E-state index contributed by atoms with van der Waals surface area (Å²) in [4.78, 5) is 0. The van der Waals surface area contributed by atoms with E-state index in [0.29, 0.717) is 0 Å². The van der Waals surface area contributed by atoms with Crippen molar-refractivity contribution in [2.75, 3.05) is 0 Å². The first-order valence-corrected chi connectivity index (χ1v) is 5.32. The SMILES string of the molecule is SCc1cc(Br)cc(CS)c1. The lowest BCUT2D eigenvalue weighted by Crippen LogP contribution is -1.83. The molecule has 0 saturated heterocycles. The van der Waals surface area contributed by atoms with Crippen LogP contribution in [0.1, 0.15) is 11.1 Å². The van der Waals surface area contributed by atoms with Crippen molar-refractivity contribution in [2.24, 2.45) is 0 Å². The van der Waals surface area contributed by atoms with Crippen LogP contribution in [0.3, 0.4) is 0 Å². The fourth-order valence-electron chi connectivity index (χ4n) is 0.900. The van der Waals surface area contributed by atoms with Crippen molar-refractivity contribution < 1.29 is 0 Å². The molecule has 0 radical (unpaired) electrons. The molecule has 60 valence electrons. The summed E-state index contributed by atoms with van der Waals surface area (Å²) in [5.74, 6) is 1.56. The third kappa shape index (κ3) is 2.73. The predicted molar refractivity (Wildman–Crippen MR) is 59.5 cm³/mol. The Morgan fingerprint density at radius 2 is 1.45 bits per heavy atom. The molecule has 0 aliphatic rings. The molecule has 1 rings (SSSR count). The van der Waals surface area contributed by atoms with Gasteiger partial charge < -0.3 is 0 Å². The summed E-state index contributed by atoms with van der Waals surface area (Å²) in [6.07, 6.45) is 0. The van der Waals surface area contributed by atoms with Gasteiger partial charge in [-0.1, -0.05) is 22.0 Å². The van der Waals surface area contributed by atoms with Crippen molar-refractivity contribution in [3.8, 4) is 0 Å². The fourth-order valence-corrected chi connectivity index (χ4v) is 1.85. The first kappa shape index (κ1) is 9.49. The Hall–Kier alpha value is 0.400. The molecule has 0 aromatic heterocycles. The van der Waals surface area contributed by atoms with Gasteiger partial charge in [0.2, 0.25) is 0 Å². The van der Waals surface area contributed by atoms with Gasteiger partial charge in [0.1, 0.15) is 0 Å². The van der Waals surface area contributed by atoms with E-state index >= 15 is 0 Å². The van der Waals surface area contributed by atoms with Crippen molar-refractivity contribution in [3.05, 3.63) is 33.8 Å². The average Bonchev–Trinajstić information content (AvgIpc) is 2.03. The monoisotopic (exact) mass is 248 g/mol. The summed E-state index contributed by atoms with van der Waals surface area (Å²) in [5.41, 5.74) is 2.46. The molecule has 0 nitrogen and oxygen atoms in total. The minimum absolute atomic E-state index is 0.778. The normalized spacial score (nSPS) is 10.1. The maximum atomic E-state index is 4.20. The van der Waals surface area contributed by atoms with Crippen molar-refractivity contribution in [2.45, 2.75) is 11.5 Å². The average molecular weight is 249 g/mol. The van der Waals surface area contributed by atoms with E-state index in [1.807, 2.05) is 0 Å². The van der Waals surface area contributed by atoms with Crippen LogP contribution in [-0.2, 0) is 11.5 Å². The van der Waals surface area contributed by atoms with Crippen LogP contribution >= 0.6 is 41.2 Å². The van der Waals surface area contributed by atoms with Crippen LogP contribution in [0, 0.1) is 0 Å². The molecule has 0 amide bonds. The number of rotatable bonds is 2. The fraction of sp³-hybridized carbons (Fsp3) is 0.250. The second kappa shape index (κ2) is 4.43. The Balaban J connectivity index is 3.02. The van der Waals surface area contributed by atoms with E-state index in [1.54, 1.807) is 0 Å². The highest BCUT2D eigenvalue weighted by atomic mass is 79.9. The molecule has 1 aromatic carbocycles. The Kier molecular flexibility index (Phi) is 3.82. The largest absolute Gasteiger partial charge is 0.175 e. The summed E-state index contributed by atoms with van der Waals surface area (Å²) in [7, 11) is 0. The molecule has 11 heavy (non-hydrogen) atoms. The van der Waals surface area contributed by atoms with Crippen LogP contribution in [0.15, 0.2) is 22.7 Å². The molecular formula is C8H9BrS2. The second-order valence-electron chi connectivity index (χ2n) is 2.28. The van der Waals surface area contributed by atoms with Gasteiger partial charge in [-0.3, -0.25) is 0 Å². The first-order chi connectivity index (χ1) is 5.26. The minimum Gasteiger partial charge on any atom is -0.175 e. The molecule has 0 aliphatic carbocycles. The lowest BCUT2D eigenvalue weighted by Gasteiger charge is -2.01. The highest BCUT2D eigenvalue weighted by Crippen LogP contribution is 2.18. The Bertz CT molecular complexity index is 226. The molecule has 0 fully saturated rings. The predicted octanol–water partition coefficient (Wildman–Crippen LogP) is 3.31. The van der Waals surface area contributed by atoms with Crippen molar-refractivity contribution in [3.63, 3.8) is 0 Å². The Labute approximate surface area is 86.3 Å². The summed E-state index contributed by atoms with van der Waals surface area (Å²) in [6, 6.07) is 6.25. The highest BCUT2D eigenvalue weighted by molar-refractivity contribution is 9.10. The molecular weight excluding hydrogens is 240 g/mol.